The van der Waals surface area contributed by atoms with E-state index in [1.807, 2.05) is 0 Å². The van der Waals surface area contributed by atoms with Crippen molar-refractivity contribution in [3.63, 3.8) is 0 Å². The zero-order valence-corrected chi connectivity index (χ0v) is 10.2. The SMILES string of the molecule is Cc1ncnc(NC2CCCCC2C(=O)O)c1F. The molecular formula is C12H16FN3O2. The van der Waals surface area contributed by atoms with Crippen molar-refractivity contribution >= 4 is 11.8 Å². The van der Waals surface area contributed by atoms with Crippen molar-refractivity contribution in [2.24, 2.45) is 5.92 Å². The van der Waals surface area contributed by atoms with Crippen LogP contribution in [0.5, 0.6) is 0 Å². The lowest BCUT2D eigenvalue weighted by Gasteiger charge is -2.29. The first-order chi connectivity index (χ1) is 8.59. The average molecular weight is 253 g/mol. The molecule has 0 spiro atoms. The van der Waals surface area contributed by atoms with Gasteiger partial charge < -0.3 is 10.4 Å². The van der Waals surface area contributed by atoms with E-state index in [-0.39, 0.29) is 17.6 Å². The molecule has 18 heavy (non-hydrogen) atoms. The molecule has 98 valence electrons. The van der Waals surface area contributed by atoms with Gasteiger partial charge in [0.15, 0.2) is 11.6 Å². The Morgan fingerprint density at radius 1 is 1.44 bits per heavy atom. The number of halogens is 1. The summed E-state index contributed by atoms with van der Waals surface area (Å²) in [5.41, 5.74) is 0.259. The fourth-order valence-corrected chi connectivity index (χ4v) is 2.33. The van der Waals surface area contributed by atoms with Gasteiger partial charge in [-0.05, 0) is 19.8 Å². The maximum Gasteiger partial charge on any atom is 0.308 e. The lowest BCUT2D eigenvalue weighted by Crippen LogP contribution is -2.37. The van der Waals surface area contributed by atoms with Crippen LogP contribution in [0.3, 0.4) is 0 Å². The Balaban J connectivity index is 2.16. The number of nitrogens with zero attached hydrogens (tertiary/aromatic N) is 2. The second-order valence-electron chi connectivity index (χ2n) is 4.60. The normalized spacial score (nSPS) is 23.7. The summed E-state index contributed by atoms with van der Waals surface area (Å²) in [6.07, 6.45) is 4.48. The molecule has 0 bridgehead atoms. The number of hydrogen-bond acceptors (Lipinski definition) is 4. The zero-order chi connectivity index (χ0) is 13.1. The van der Waals surface area contributed by atoms with Gasteiger partial charge in [0.1, 0.15) is 6.33 Å². The Bertz CT molecular complexity index is 453. The molecule has 0 aromatic carbocycles. The molecule has 6 heteroatoms. The molecule has 2 N–H and O–H groups in total. The van der Waals surface area contributed by atoms with Gasteiger partial charge in [0.2, 0.25) is 0 Å². The van der Waals surface area contributed by atoms with Crippen LogP contribution in [0.15, 0.2) is 6.33 Å². The van der Waals surface area contributed by atoms with Crippen LogP contribution in [0.4, 0.5) is 10.2 Å². The van der Waals surface area contributed by atoms with Crippen molar-refractivity contribution < 1.29 is 14.3 Å². The third-order valence-electron chi connectivity index (χ3n) is 3.37. The van der Waals surface area contributed by atoms with Gasteiger partial charge in [-0.15, -0.1) is 0 Å². The number of aryl methyl sites for hydroxylation is 1. The highest BCUT2D eigenvalue weighted by molar-refractivity contribution is 5.71. The van der Waals surface area contributed by atoms with Gasteiger partial charge in [0.25, 0.3) is 0 Å². The number of anilines is 1. The van der Waals surface area contributed by atoms with Crippen LogP contribution < -0.4 is 5.32 Å². The number of carboxylic acids is 1. The number of nitrogens with one attached hydrogen (secondary N) is 1. The Kier molecular flexibility index (Phi) is 3.74. The number of carbonyl (C=O) groups is 1. The molecule has 0 amide bonds. The van der Waals surface area contributed by atoms with Crippen LogP contribution in [0.1, 0.15) is 31.4 Å². The van der Waals surface area contributed by atoms with Crippen LogP contribution in [-0.2, 0) is 4.79 Å². The number of rotatable bonds is 3. The third-order valence-corrected chi connectivity index (χ3v) is 3.37. The monoisotopic (exact) mass is 253 g/mol. The standard InChI is InChI=1S/C12H16FN3O2/c1-7-10(13)11(15-6-14-7)16-9-5-3-2-4-8(9)12(17)18/h6,8-9H,2-5H2,1H3,(H,17,18)(H,14,15,16). The first-order valence-electron chi connectivity index (χ1n) is 6.06. The maximum absolute atomic E-state index is 13.7. The van der Waals surface area contributed by atoms with E-state index in [4.69, 9.17) is 5.11 Å². The van der Waals surface area contributed by atoms with E-state index in [2.05, 4.69) is 15.3 Å². The number of aromatic nitrogens is 2. The Morgan fingerprint density at radius 3 is 2.89 bits per heavy atom. The fraction of sp³-hybridized carbons (Fsp3) is 0.583. The van der Waals surface area contributed by atoms with Crippen molar-refractivity contribution in [2.45, 2.75) is 38.6 Å². The summed E-state index contributed by atoms with van der Waals surface area (Å²) in [6.45, 7) is 1.55. The van der Waals surface area contributed by atoms with Crippen molar-refractivity contribution in [1.82, 2.24) is 9.97 Å². The Morgan fingerprint density at radius 2 is 2.17 bits per heavy atom. The lowest BCUT2D eigenvalue weighted by molar-refractivity contribution is -0.143. The minimum absolute atomic E-state index is 0.0978. The fourth-order valence-electron chi connectivity index (χ4n) is 2.33. The molecule has 2 atom stereocenters. The van der Waals surface area contributed by atoms with Crippen molar-refractivity contribution in [3.8, 4) is 0 Å². The second-order valence-corrected chi connectivity index (χ2v) is 4.60. The third kappa shape index (κ3) is 2.57. The molecule has 5 nitrogen and oxygen atoms in total. The minimum Gasteiger partial charge on any atom is -0.481 e. The van der Waals surface area contributed by atoms with E-state index in [0.29, 0.717) is 6.42 Å². The zero-order valence-electron chi connectivity index (χ0n) is 10.2. The number of carboxylic acid groups (broad SMARTS) is 1. The molecule has 0 saturated heterocycles. The molecule has 0 aliphatic heterocycles. The summed E-state index contributed by atoms with van der Waals surface area (Å²) >= 11 is 0. The molecule has 1 fully saturated rings. The van der Waals surface area contributed by atoms with Crippen molar-refractivity contribution in [1.29, 1.82) is 0 Å². The van der Waals surface area contributed by atoms with Crippen LogP contribution in [0, 0.1) is 18.7 Å². The van der Waals surface area contributed by atoms with E-state index in [0.717, 1.165) is 19.3 Å². The molecular weight excluding hydrogens is 237 g/mol. The van der Waals surface area contributed by atoms with E-state index in [1.165, 1.54) is 6.33 Å². The predicted molar refractivity (Wildman–Crippen MR) is 63.7 cm³/mol. The van der Waals surface area contributed by atoms with Crippen LogP contribution in [0.25, 0.3) is 0 Å². The summed E-state index contributed by atoms with van der Waals surface area (Å²) in [7, 11) is 0. The molecule has 2 rings (SSSR count). The second kappa shape index (κ2) is 5.29. The summed E-state index contributed by atoms with van der Waals surface area (Å²) in [5.74, 6) is -1.72. The number of aliphatic carboxylic acids is 1. The molecule has 2 unspecified atom stereocenters. The molecule has 1 aromatic heterocycles. The molecule has 1 aliphatic carbocycles. The molecule has 0 radical (unpaired) electrons. The van der Waals surface area contributed by atoms with Gasteiger partial charge in [-0.25, -0.2) is 14.4 Å². The molecule has 1 aromatic rings. The summed E-state index contributed by atoms with van der Waals surface area (Å²) in [6, 6.07) is -0.264. The van der Waals surface area contributed by atoms with Crippen LogP contribution in [0.2, 0.25) is 0 Å². The highest BCUT2D eigenvalue weighted by Crippen LogP contribution is 2.27. The molecule has 1 heterocycles. The average Bonchev–Trinajstić information content (AvgIpc) is 2.35. The van der Waals surface area contributed by atoms with Gasteiger partial charge in [-0.1, -0.05) is 12.8 Å². The van der Waals surface area contributed by atoms with E-state index < -0.39 is 17.7 Å². The van der Waals surface area contributed by atoms with Crippen LogP contribution >= 0.6 is 0 Å². The first kappa shape index (κ1) is 12.7. The van der Waals surface area contributed by atoms with Gasteiger partial charge in [0, 0.05) is 6.04 Å². The molecule has 1 aliphatic rings. The Hall–Kier alpha value is -1.72. The summed E-state index contributed by atoms with van der Waals surface area (Å²) in [4.78, 5) is 18.7. The smallest absolute Gasteiger partial charge is 0.308 e. The lowest BCUT2D eigenvalue weighted by atomic mass is 9.84. The van der Waals surface area contributed by atoms with Gasteiger partial charge in [-0.2, -0.15) is 0 Å². The van der Waals surface area contributed by atoms with Gasteiger partial charge in [0.05, 0.1) is 11.6 Å². The Labute approximate surface area is 104 Å². The number of hydrogen-bond donors (Lipinski definition) is 2. The highest BCUT2D eigenvalue weighted by atomic mass is 19.1. The van der Waals surface area contributed by atoms with E-state index in [1.54, 1.807) is 6.92 Å². The van der Waals surface area contributed by atoms with Crippen molar-refractivity contribution in [3.05, 3.63) is 17.8 Å². The summed E-state index contributed by atoms with van der Waals surface area (Å²) < 4.78 is 13.7. The summed E-state index contributed by atoms with van der Waals surface area (Å²) in [5, 5.41) is 12.1. The predicted octanol–water partition coefficient (Wildman–Crippen LogP) is 1.98. The topological polar surface area (TPSA) is 75.1 Å². The van der Waals surface area contributed by atoms with Crippen LogP contribution in [-0.4, -0.2) is 27.1 Å². The van der Waals surface area contributed by atoms with E-state index >= 15 is 0 Å². The minimum atomic E-state index is -0.835. The van der Waals surface area contributed by atoms with E-state index in [9.17, 15) is 9.18 Å². The van der Waals surface area contributed by atoms with Crippen molar-refractivity contribution in [2.75, 3.05) is 5.32 Å². The maximum atomic E-state index is 13.7. The first-order valence-corrected chi connectivity index (χ1v) is 6.06. The molecule has 1 saturated carbocycles. The highest BCUT2D eigenvalue weighted by Gasteiger charge is 2.31. The van der Waals surface area contributed by atoms with Gasteiger partial charge in [-0.3, -0.25) is 4.79 Å². The quantitative estimate of drug-likeness (QED) is 0.861. The van der Waals surface area contributed by atoms with Gasteiger partial charge >= 0.3 is 5.97 Å². The largest absolute Gasteiger partial charge is 0.481 e.